The zero-order valence-electron chi connectivity index (χ0n) is 14.6. The van der Waals surface area contributed by atoms with Crippen LogP contribution in [0, 0.1) is 19.3 Å². The minimum atomic E-state index is -0.106. The lowest BCUT2D eigenvalue weighted by Crippen LogP contribution is -2.26. The second kappa shape index (κ2) is 6.66. The number of amides is 1. The highest BCUT2D eigenvalue weighted by atomic mass is 16.3. The van der Waals surface area contributed by atoms with Gasteiger partial charge >= 0.3 is 0 Å². The Bertz CT molecular complexity index is 719. The molecule has 2 aromatic heterocycles. The Kier molecular flexibility index (Phi) is 5.04. The Morgan fingerprint density at radius 3 is 2.74 bits per heavy atom. The van der Waals surface area contributed by atoms with E-state index in [0.29, 0.717) is 12.1 Å². The van der Waals surface area contributed by atoms with Crippen LogP contribution in [0.1, 0.15) is 48.4 Å². The maximum absolute atomic E-state index is 12.5. The van der Waals surface area contributed by atoms with Gasteiger partial charge < -0.3 is 10.4 Å². The van der Waals surface area contributed by atoms with Crippen molar-refractivity contribution in [2.24, 2.45) is 12.5 Å². The number of hydrogen-bond donors (Lipinski definition) is 2. The number of aromatic nitrogens is 3. The molecule has 0 spiro atoms. The van der Waals surface area contributed by atoms with E-state index in [9.17, 15) is 9.90 Å². The summed E-state index contributed by atoms with van der Waals surface area (Å²) in [6.07, 6.45) is 1.69. The first-order chi connectivity index (χ1) is 10.7. The van der Waals surface area contributed by atoms with Crippen LogP contribution in [0.15, 0.2) is 6.07 Å². The predicted molar refractivity (Wildman–Crippen MR) is 90.4 cm³/mol. The van der Waals surface area contributed by atoms with E-state index >= 15 is 0 Å². The van der Waals surface area contributed by atoms with Gasteiger partial charge in [0.05, 0.1) is 16.6 Å². The molecule has 2 N–H and O–H groups in total. The van der Waals surface area contributed by atoms with E-state index in [1.54, 1.807) is 4.68 Å². The summed E-state index contributed by atoms with van der Waals surface area (Å²) in [4.78, 5) is 17.0. The fraction of sp³-hybridized carbons (Fsp3) is 0.588. The molecule has 0 aliphatic heterocycles. The fourth-order valence-electron chi connectivity index (χ4n) is 2.69. The van der Waals surface area contributed by atoms with Gasteiger partial charge in [-0.15, -0.1) is 0 Å². The summed E-state index contributed by atoms with van der Waals surface area (Å²) in [5.74, 6) is -0.0987. The van der Waals surface area contributed by atoms with Crippen LogP contribution in [0.3, 0.4) is 0 Å². The Morgan fingerprint density at radius 2 is 2.09 bits per heavy atom. The van der Waals surface area contributed by atoms with Crippen LogP contribution in [0.4, 0.5) is 0 Å². The van der Waals surface area contributed by atoms with Crippen LogP contribution in [0.2, 0.25) is 0 Å². The quantitative estimate of drug-likeness (QED) is 0.800. The van der Waals surface area contributed by atoms with E-state index in [1.807, 2.05) is 40.8 Å². The number of nitrogens with zero attached hydrogens (tertiary/aromatic N) is 3. The van der Waals surface area contributed by atoms with Crippen LogP contribution in [-0.4, -0.2) is 38.9 Å². The highest BCUT2D eigenvalue weighted by Crippen LogP contribution is 2.22. The largest absolute Gasteiger partial charge is 0.396 e. The lowest BCUT2D eigenvalue weighted by atomic mass is 9.89. The SMILES string of the molecule is Cc1cc(C(=O)NCCCC(C)(C)CO)c2c(C)nn(C)c2n1. The van der Waals surface area contributed by atoms with Gasteiger partial charge in [0.15, 0.2) is 5.65 Å². The van der Waals surface area contributed by atoms with Crippen molar-refractivity contribution in [1.82, 2.24) is 20.1 Å². The predicted octanol–water partition coefficient (Wildman–Crippen LogP) is 2.11. The van der Waals surface area contributed by atoms with E-state index in [-0.39, 0.29) is 17.9 Å². The summed E-state index contributed by atoms with van der Waals surface area (Å²) >= 11 is 0. The van der Waals surface area contributed by atoms with Crippen LogP contribution < -0.4 is 5.32 Å². The third-order valence-corrected chi connectivity index (χ3v) is 4.09. The molecule has 2 heterocycles. The van der Waals surface area contributed by atoms with Crippen LogP contribution in [-0.2, 0) is 7.05 Å². The highest BCUT2D eigenvalue weighted by molar-refractivity contribution is 6.06. The van der Waals surface area contributed by atoms with Crippen molar-refractivity contribution in [3.8, 4) is 0 Å². The van der Waals surface area contributed by atoms with Gasteiger partial charge in [-0.05, 0) is 38.2 Å². The molecule has 0 fully saturated rings. The number of carbonyl (C=O) groups excluding carboxylic acids is 1. The van der Waals surface area contributed by atoms with Crippen molar-refractivity contribution in [2.75, 3.05) is 13.2 Å². The summed E-state index contributed by atoms with van der Waals surface area (Å²) in [6.45, 7) is 8.54. The smallest absolute Gasteiger partial charge is 0.252 e. The number of aliphatic hydroxyl groups excluding tert-OH is 1. The van der Waals surface area contributed by atoms with Gasteiger partial charge in [-0.25, -0.2) is 4.98 Å². The Hall–Kier alpha value is -1.95. The number of carbonyl (C=O) groups is 1. The number of nitrogens with one attached hydrogen (secondary N) is 1. The number of rotatable bonds is 6. The minimum absolute atomic E-state index is 0.0987. The number of fused-ring (bicyclic) bond motifs is 1. The van der Waals surface area contributed by atoms with Crippen LogP contribution in [0.25, 0.3) is 11.0 Å². The number of aliphatic hydroxyl groups is 1. The first-order valence-electron chi connectivity index (χ1n) is 7.95. The fourth-order valence-corrected chi connectivity index (χ4v) is 2.69. The third kappa shape index (κ3) is 3.88. The van der Waals surface area contributed by atoms with Gasteiger partial charge in [-0.2, -0.15) is 5.10 Å². The molecule has 0 radical (unpaired) electrons. The number of aryl methyl sites for hydroxylation is 3. The summed E-state index contributed by atoms with van der Waals surface area (Å²) in [6, 6.07) is 1.81. The molecule has 0 atom stereocenters. The molecule has 0 aromatic carbocycles. The molecule has 2 rings (SSSR count). The first-order valence-corrected chi connectivity index (χ1v) is 7.95. The molecule has 0 aliphatic rings. The van der Waals surface area contributed by atoms with Crippen molar-refractivity contribution >= 4 is 16.9 Å². The zero-order chi connectivity index (χ0) is 17.2. The van der Waals surface area contributed by atoms with Crippen molar-refractivity contribution in [2.45, 2.75) is 40.5 Å². The summed E-state index contributed by atoms with van der Waals surface area (Å²) < 4.78 is 1.71. The summed E-state index contributed by atoms with van der Waals surface area (Å²) in [5, 5.41) is 17.4. The maximum atomic E-state index is 12.5. The van der Waals surface area contributed by atoms with E-state index in [1.165, 1.54) is 0 Å². The molecule has 6 nitrogen and oxygen atoms in total. The normalized spacial score (nSPS) is 11.9. The summed E-state index contributed by atoms with van der Waals surface area (Å²) in [5.41, 5.74) is 2.85. The Labute approximate surface area is 136 Å². The molecule has 6 heteroatoms. The molecule has 126 valence electrons. The van der Waals surface area contributed by atoms with Crippen molar-refractivity contribution in [1.29, 1.82) is 0 Å². The van der Waals surface area contributed by atoms with E-state index in [2.05, 4.69) is 15.4 Å². The monoisotopic (exact) mass is 318 g/mol. The molecule has 0 unspecified atom stereocenters. The molecule has 0 bridgehead atoms. The molecular formula is C17H26N4O2. The Balaban J connectivity index is 2.12. The first kappa shape index (κ1) is 17.4. The molecular weight excluding hydrogens is 292 g/mol. The highest BCUT2D eigenvalue weighted by Gasteiger charge is 2.18. The molecule has 0 aliphatic carbocycles. The molecule has 2 aromatic rings. The average molecular weight is 318 g/mol. The van der Waals surface area contributed by atoms with Crippen molar-refractivity contribution in [3.05, 3.63) is 23.0 Å². The standard InChI is InChI=1S/C17H26N4O2/c1-11-9-13(14-12(2)20-21(5)15(14)19-11)16(23)18-8-6-7-17(3,4)10-22/h9,22H,6-8,10H2,1-5H3,(H,18,23). The molecule has 0 saturated carbocycles. The second-order valence-corrected chi connectivity index (χ2v) is 6.90. The maximum Gasteiger partial charge on any atom is 0.252 e. The van der Waals surface area contributed by atoms with Gasteiger partial charge in [-0.3, -0.25) is 9.48 Å². The van der Waals surface area contributed by atoms with Gasteiger partial charge in [0.1, 0.15) is 0 Å². The van der Waals surface area contributed by atoms with Crippen molar-refractivity contribution in [3.63, 3.8) is 0 Å². The minimum Gasteiger partial charge on any atom is -0.396 e. The Morgan fingerprint density at radius 1 is 1.39 bits per heavy atom. The van der Waals surface area contributed by atoms with Gasteiger partial charge in [0.2, 0.25) is 0 Å². The topological polar surface area (TPSA) is 80.0 Å². The lowest BCUT2D eigenvalue weighted by Gasteiger charge is -2.21. The molecule has 1 amide bonds. The number of pyridine rings is 1. The number of hydrogen-bond acceptors (Lipinski definition) is 4. The third-order valence-electron chi connectivity index (χ3n) is 4.09. The molecule has 0 saturated heterocycles. The van der Waals surface area contributed by atoms with Crippen LogP contribution >= 0.6 is 0 Å². The molecule has 23 heavy (non-hydrogen) atoms. The van der Waals surface area contributed by atoms with E-state index in [0.717, 1.165) is 35.3 Å². The van der Waals surface area contributed by atoms with Gasteiger partial charge in [0, 0.05) is 25.9 Å². The average Bonchev–Trinajstić information content (AvgIpc) is 2.77. The van der Waals surface area contributed by atoms with Gasteiger partial charge in [0.25, 0.3) is 5.91 Å². The second-order valence-electron chi connectivity index (χ2n) is 6.90. The van der Waals surface area contributed by atoms with E-state index < -0.39 is 0 Å². The lowest BCUT2D eigenvalue weighted by molar-refractivity contribution is 0.0950. The zero-order valence-corrected chi connectivity index (χ0v) is 14.6. The van der Waals surface area contributed by atoms with Crippen molar-refractivity contribution < 1.29 is 9.90 Å². The van der Waals surface area contributed by atoms with E-state index in [4.69, 9.17) is 0 Å². The summed E-state index contributed by atoms with van der Waals surface area (Å²) in [7, 11) is 1.83. The van der Waals surface area contributed by atoms with Crippen LogP contribution in [0.5, 0.6) is 0 Å². The van der Waals surface area contributed by atoms with Gasteiger partial charge in [-0.1, -0.05) is 13.8 Å².